The molecule has 1 N–H and O–H groups in total. The van der Waals surface area contributed by atoms with E-state index in [-0.39, 0.29) is 0 Å². The van der Waals surface area contributed by atoms with Crippen molar-refractivity contribution < 1.29 is 4.74 Å². The number of aromatic nitrogens is 1. The predicted molar refractivity (Wildman–Crippen MR) is 69.2 cm³/mol. The Bertz CT molecular complexity index is 455. The molecule has 0 saturated heterocycles. The van der Waals surface area contributed by atoms with E-state index in [0.717, 1.165) is 24.2 Å². The highest BCUT2D eigenvalue weighted by Gasteiger charge is 2.03. The molecule has 4 heteroatoms. The molecule has 1 unspecified atom stereocenters. The summed E-state index contributed by atoms with van der Waals surface area (Å²) in [7, 11) is 1.73. The van der Waals surface area contributed by atoms with E-state index in [2.05, 4.69) is 35.4 Å². The summed E-state index contributed by atoms with van der Waals surface area (Å²) in [4.78, 5) is 4.26. The van der Waals surface area contributed by atoms with E-state index in [9.17, 15) is 0 Å². The van der Waals surface area contributed by atoms with Crippen molar-refractivity contribution in [3.05, 3.63) is 23.7 Å². The van der Waals surface area contributed by atoms with Crippen LogP contribution in [0.3, 0.4) is 0 Å². The second-order valence-corrected chi connectivity index (χ2v) is 4.75. The largest absolute Gasteiger partial charge is 0.385 e. The third-order valence-corrected chi connectivity index (χ3v) is 3.29. The van der Waals surface area contributed by atoms with Crippen LogP contribution in [0.25, 0.3) is 10.2 Å². The van der Waals surface area contributed by atoms with Gasteiger partial charge < -0.3 is 10.1 Å². The fourth-order valence-corrected chi connectivity index (χ4v) is 2.31. The fourth-order valence-electron chi connectivity index (χ4n) is 1.60. The first kappa shape index (κ1) is 11.4. The Morgan fingerprint density at radius 1 is 1.50 bits per heavy atom. The number of nitrogens with one attached hydrogen (secondary N) is 1. The Kier molecular flexibility index (Phi) is 3.74. The van der Waals surface area contributed by atoms with Crippen molar-refractivity contribution in [1.29, 1.82) is 0 Å². The summed E-state index contributed by atoms with van der Waals surface area (Å²) in [6, 6.07) is 6.70. The average molecular weight is 236 g/mol. The van der Waals surface area contributed by atoms with Gasteiger partial charge in [0.2, 0.25) is 0 Å². The van der Waals surface area contributed by atoms with Gasteiger partial charge in [0.25, 0.3) is 0 Å². The highest BCUT2D eigenvalue weighted by Crippen LogP contribution is 2.22. The van der Waals surface area contributed by atoms with E-state index >= 15 is 0 Å². The minimum atomic E-state index is 0.422. The molecule has 1 heterocycles. The molecular weight excluding hydrogens is 220 g/mol. The standard InChI is InChI=1S/C12H16N2OS/c1-9(5-6-15-2)14-10-3-4-11-12(7-10)16-8-13-11/h3-4,7-9,14H,5-6H2,1-2H3. The van der Waals surface area contributed by atoms with Gasteiger partial charge in [0.15, 0.2) is 0 Å². The molecule has 0 radical (unpaired) electrons. The van der Waals surface area contributed by atoms with Gasteiger partial charge in [0.05, 0.1) is 15.7 Å². The maximum absolute atomic E-state index is 5.06. The number of methoxy groups -OCH3 is 1. The first-order chi connectivity index (χ1) is 7.79. The summed E-state index contributed by atoms with van der Waals surface area (Å²) in [5.41, 5.74) is 4.10. The molecule has 16 heavy (non-hydrogen) atoms. The van der Waals surface area contributed by atoms with Crippen molar-refractivity contribution in [3.8, 4) is 0 Å². The van der Waals surface area contributed by atoms with Gasteiger partial charge >= 0.3 is 0 Å². The topological polar surface area (TPSA) is 34.1 Å². The second kappa shape index (κ2) is 5.27. The molecule has 0 saturated carbocycles. The molecule has 2 aromatic rings. The van der Waals surface area contributed by atoms with Gasteiger partial charge in [-0.25, -0.2) is 4.98 Å². The zero-order valence-corrected chi connectivity index (χ0v) is 10.4. The van der Waals surface area contributed by atoms with E-state index in [1.165, 1.54) is 4.70 Å². The fraction of sp³-hybridized carbons (Fsp3) is 0.417. The zero-order valence-electron chi connectivity index (χ0n) is 9.56. The molecule has 86 valence electrons. The lowest BCUT2D eigenvalue weighted by molar-refractivity contribution is 0.191. The molecule has 1 atom stereocenters. The Morgan fingerprint density at radius 3 is 3.19 bits per heavy atom. The van der Waals surface area contributed by atoms with Gasteiger partial charge in [-0.3, -0.25) is 0 Å². The van der Waals surface area contributed by atoms with Crippen LogP contribution in [0.1, 0.15) is 13.3 Å². The van der Waals surface area contributed by atoms with E-state index in [1.54, 1.807) is 18.4 Å². The molecule has 0 fully saturated rings. The van der Waals surface area contributed by atoms with Crippen molar-refractivity contribution in [3.63, 3.8) is 0 Å². The van der Waals surface area contributed by atoms with Crippen LogP contribution in [0.4, 0.5) is 5.69 Å². The number of rotatable bonds is 5. The van der Waals surface area contributed by atoms with Gasteiger partial charge in [-0.2, -0.15) is 0 Å². The van der Waals surface area contributed by atoms with Crippen LogP contribution in [-0.4, -0.2) is 24.7 Å². The number of hydrogen-bond acceptors (Lipinski definition) is 4. The van der Waals surface area contributed by atoms with Crippen LogP contribution in [0.5, 0.6) is 0 Å². The predicted octanol–water partition coefficient (Wildman–Crippen LogP) is 3.13. The summed E-state index contributed by atoms with van der Waals surface area (Å²) >= 11 is 1.67. The highest BCUT2D eigenvalue weighted by atomic mass is 32.1. The van der Waals surface area contributed by atoms with Crippen LogP contribution in [-0.2, 0) is 4.74 Å². The third kappa shape index (κ3) is 2.71. The third-order valence-electron chi connectivity index (χ3n) is 2.50. The van der Waals surface area contributed by atoms with Crippen LogP contribution < -0.4 is 5.32 Å². The Morgan fingerprint density at radius 2 is 2.38 bits per heavy atom. The van der Waals surface area contributed by atoms with Crippen LogP contribution >= 0.6 is 11.3 Å². The lowest BCUT2D eigenvalue weighted by Crippen LogP contribution is -2.16. The Hall–Kier alpha value is -1.13. The van der Waals surface area contributed by atoms with E-state index in [1.807, 2.05) is 5.51 Å². The number of ether oxygens (including phenoxy) is 1. The van der Waals surface area contributed by atoms with Crippen molar-refractivity contribution in [1.82, 2.24) is 4.98 Å². The van der Waals surface area contributed by atoms with Crippen LogP contribution in [0.2, 0.25) is 0 Å². The maximum Gasteiger partial charge on any atom is 0.0813 e. The monoisotopic (exact) mass is 236 g/mol. The molecule has 0 bridgehead atoms. The normalized spacial score (nSPS) is 12.9. The van der Waals surface area contributed by atoms with Gasteiger partial charge in [-0.15, -0.1) is 11.3 Å². The number of fused-ring (bicyclic) bond motifs is 1. The van der Waals surface area contributed by atoms with Gasteiger partial charge in [0.1, 0.15) is 0 Å². The minimum Gasteiger partial charge on any atom is -0.385 e. The molecule has 0 aliphatic heterocycles. The molecule has 0 amide bonds. The van der Waals surface area contributed by atoms with E-state index < -0.39 is 0 Å². The number of thiazole rings is 1. The summed E-state index contributed by atoms with van der Waals surface area (Å²) in [6.07, 6.45) is 1.01. The minimum absolute atomic E-state index is 0.422. The summed E-state index contributed by atoms with van der Waals surface area (Å²) in [6.45, 7) is 2.95. The molecule has 0 aliphatic carbocycles. The molecule has 1 aromatic heterocycles. The summed E-state index contributed by atoms with van der Waals surface area (Å²) in [5.74, 6) is 0. The number of benzene rings is 1. The van der Waals surface area contributed by atoms with Gasteiger partial charge in [-0.1, -0.05) is 0 Å². The molecule has 1 aromatic carbocycles. The van der Waals surface area contributed by atoms with E-state index in [4.69, 9.17) is 4.74 Å². The molecule has 0 spiro atoms. The SMILES string of the molecule is COCCC(C)Nc1ccc2ncsc2c1. The summed E-state index contributed by atoms with van der Waals surface area (Å²) in [5, 5.41) is 3.46. The average Bonchev–Trinajstić information content (AvgIpc) is 2.73. The van der Waals surface area contributed by atoms with Crippen molar-refractivity contribution in [2.45, 2.75) is 19.4 Å². The quantitative estimate of drug-likeness (QED) is 0.866. The zero-order chi connectivity index (χ0) is 11.4. The molecule has 2 rings (SSSR count). The smallest absolute Gasteiger partial charge is 0.0813 e. The van der Waals surface area contributed by atoms with Crippen molar-refractivity contribution in [2.24, 2.45) is 0 Å². The Labute approximate surface area is 99.5 Å². The van der Waals surface area contributed by atoms with Crippen molar-refractivity contribution >= 4 is 27.2 Å². The lowest BCUT2D eigenvalue weighted by Gasteiger charge is -2.14. The molecular formula is C12H16N2OS. The first-order valence-corrected chi connectivity index (χ1v) is 6.26. The van der Waals surface area contributed by atoms with E-state index in [0.29, 0.717) is 6.04 Å². The van der Waals surface area contributed by atoms with Gasteiger partial charge in [0, 0.05) is 25.4 Å². The number of nitrogens with zero attached hydrogens (tertiary/aromatic N) is 1. The molecule has 0 aliphatic rings. The second-order valence-electron chi connectivity index (χ2n) is 3.86. The number of hydrogen-bond donors (Lipinski definition) is 1. The lowest BCUT2D eigenvalue weighted by atomic mass is 10.2. The molecule has 3 nitrogen and oxygen atoms in total. The highest BCUT2D eigenvalue weighted by molar-refractivity contribution is 7.16. The first-order valence-electron chi connectivity index (χ1n) is 5.38. The maximum atomic E-state index is 5.06. The van der Waals surface area contributed by atoms with Crippen molar-refractivity contribution in [2.75, 3.05) is 19.0 Å². The Balaban J connectivity index is 2.03. The number of anilines is 1. The van der Waals surface area contributed by atoms with Crippen LogP contribution in [0.15, 0.2) is 23.7 Å². The van der Waals surface area contributed by atoms with Crippen LogP contribution in [0, 0.1) is 0 Å². The summed E-state index contributed by atoms with van der Waals surface area (Å²) < 4.78 is 6.29. The van der Waals surface area contributed by atoms with Gasteiger partial charge in [-0.05, 0) is 31.5 Å².